The van der Waals surface area contributed by atoms with Crippen LogP contribution in [0.25, 0.3) is 0 Å². The maximum Gasteiger partial charge on any atom is 0.0950 e. The Labute approximate surface area is 122 Å². The molecule has 2 heterocycles. The number of rotatable bonds is 7. The van der Waals surface area contributed by atoms with Crippen LogP contribution in [0.1, 0.15) is 38.8 Å². The first-order chi connectivity index (χ1) is 9.66. The zero-order valence-electron chi connectivity index (χ0n) is 13.0. The first kappa shape index (κ1) is 15.5. The summed E-state index contributed by atoms with van der Waals surface area (Å²) in [6.07, 6.45) is 4.79. The van der Waals surface area contributed by atoms with E-state index in [0.29, 0.717) is 18.0 Å². The average molecular weight is 280 g/mol. The van der Waals surface area contributed by atoms with E-state index in [1.807, 2.05) is 12.3 Å². The van der Waals surface area contributed by atoms with Crippen LogP contribution in [0.15, 0.2) is 23.0 Å². The van der Waals surface area contributed by atoms with E-state index in [9.17, 15) is 0 Å². The lowest BCUT2D eigenvalue weighted by Crippen LogP contribution is -2.48. The number of ether oxygens (including phenoxy) is 1. The molecule has 1 aliphatic heterocycles. The lowest BCUT2D eigenvalue weighted by molar-refractivity contribution is 0.0119. The Morgan fingerprint density at radius 3 is 2.60 bits per heavy atom. The molecule has 1 aliphatic rings. The van der Waals surface area contributed by atoms with Crippen molar-refractivity contribution in [2.75, 3.05) is 32.8 Å². The molecule has 20 heavy (non-hydrogen) atoms. The normalized spacial score (nSPS) is 20.2. The molecule has 0 aliphatic carbocycles. The summed E-state index contributed by atoms with van der Waals surface area (Å²) in [5.41, 5.74) is 1.22. The minimum atomic E-state index is 0.337. The highest BCUT2D eigenvalue weighted by atomic mass is 16.5. The number of furan rings is 1. The number of nitrogens with zero attached hydrogens (tertiary/aromatic N) is 1. The van der Waals surface area contributed by atoms with Crippen molar-refractivity contribution in [2.24, 2.45) is 5.92 Å². The fourth-order valence-corrected chi connectivity index (χ4v) is 2.80. The highest BCUT2D eigenvalue weighted by Gasteiger charge is 2.22. The van der Waals surface area contributed by atoms with Crippen molar-refractivity contribution in [2.45, 2.75) is 39.3 Å². The van der Waals surface area contributed by atoms with Crippen molar-refractivity contribution in [3.8, 4) is 0 Å². The summed E-state index contributed by atoms with van der Waals surface area (Å²) >= 11 is 0. The Morgan fingerprint density at radius 1 is 1.25 bits per heavy atom. The molecule has 114 valence electrons. The number of hydrogen-bond donors (Lipinski definition) is 1. The Morgan fingerprint density at radius 2 is 2.00 bits per heavy atom. The second-order valence-corrected chi connectivity index (χ2v) is 6.12. The van der Waals surface area contributed by atoms with E-state index in [0.717, 1.165) is 32.8 Å². The van der Waals surface area contributed by atoms with E-state index in [1.54, 1.807) is 6.26 Å². The molecule has 1 aromatic heterocycles. The van der Waals surface area contributed by atoms with Crippen LogP contribution in [0.2, 0.25) is 0 Å². The number of hydrogen-bond acceptors (Lipinski definition) is 4. The summed E-state index contributed by atoms with van der Waals surface area (Å²) in [7, 11) is 0. The molecule has 4 heteroatoms. The predicted octanol–water partition coefficient (Wildman–Crippen LogP) is 2.68. The van der Waals surface area contributed by atoms with Crippen LogP contribution in [-0.2, 0) is 4.74 Å². The van der Waals surface area contributed by atoms with Gasteiger partial charge in [0.15, 0.2) is 0 Å². The fourth-order valence-electron chi connectivity index (χ4n) is 2.80. The van der Waals surface area contributed by atoms with E-state index in [4.69, 9.17) is 9.15 Å². The molecular formula is C16H28N2O2. The third-order valence-corrected chi connectivity index (χ3v) is 4.01. The molecule has 2 unspecified atom stereocenters. The van der Waals surface area contributed by atoms with Crippen molar-refractivity contribution >= 4 is 0 Å². The van der Waals surface area contributed by atoms with Crippen molar-refractivity contribution < 1.29 is 9.15 Å². The molecule has 1 saturated heterocycles. The fraction of sp³-hybridized carbons (Fsp3) is 0.750. The van der Waals surface area contributed by atoms with Gasteiger partial charge >= 0.3 is 0 Å². The largest absolute Gasteiger partial charge is 0.472 e. The van der Waals surface area contributed by atoms with Crippen molar-refractivity contribution in [1.82, 2.24) is 10.2 Å². The van der Waals surface area contributed by atoms with Gasteiger partial charge in [0.05, 0.1) is 25.7 Å². The lowest BCUT2D eigenvalue weighted by Gasteiger charge is -2.36. The zero-order valence-corrected chi connectivity index (χ0v) is 13.0. The molecule has 0 aromatic carbocycles. The second kappa shape index (κ2) is 7.81. The van der Waals surface area contributed by atoms with Crippen LogP contribution in [-0.4, -0.2) is 43.8 Å². The van der Waals surface area contributed by atoms with Crippen LogP contribution < -0.4 is 5.32 Å². The molecule has 0 saturated carbocycles. The van der Waals surface area contributed by atoms with Gasteiger partial charge in [-0.25, -0.2) is 0 Å². The molecular weight excluding hydrogens is 252 g/mol. The molecule has 2 atom stereocenters. The molecule has 1 aromatic rings. The van der Waals surface area contributed by atoms with Crippen molar-refractivity contribution in [3.63, 3.8) is 0 Å². The molecule has 4 nitrogen and oxygen atoms in total. The van der Waals surface area contributed by atoms with E-state index >= 15 is 0 Å². The van der Waals surface area contributed by atoms with Gasteiger partial charge in [-0.15, -0.1) is 0 Å². The smallest absolute Gasteiger partial charge is 0.0950 e. The summed E-state index contributed by atoms with van der Waals surface area (Å²) in [6.45, 7) is 11.6. The van der Waals surface area contributed by atoms with E-state index in [-0.39, 0.29) is 0 Å². The first-order valence-corrected chi connectivity index (χ1v) is 7.74. The van der Waals surface area contributed by atoms with E-state index < -0.39 is 0 Å². The summed E-state index contributed by atoms with van der Waals surface area (Å²) in [6, 6.07) is 2.96. The van der Waals surface area contributed by atoms with Crippen LogP contribution in [0.4, 0.5) is 0 Å². The number of nitrogens with one attached hydrogen (secondary N) is 1. The predicted molar refractivity (Wildman–Crippen MR) is 80.8 cm³/mol. The van der Waals surface area contributed by atoms with E-state index in [2.05, 4.69) is 31.0 Å². The molecule has 1 N–H and O–H groups in total. The lowest BCUT2D eigenvalue weighted by atomic mass is 10.0. The third kappa shape index (κ3) is 4.62. The van der Waals surface area contributed by atoms with E-state index in [1.165, 1.54) is 12.0 Å². The van der Waals surface area contributed by atoms with Gasteiger partial charge in [0.25, 0.3) is 0 Å². The Balaban J connectivity index is 1.86. The van der Waals surface area contributed by atoms with Gasteiger partial charge in [0.2, 0.25) is 0 Å². The van der Waals surface area contributed by atoms with Crippen LogP contribution in [0.5, 0.6) is 0 Å². The molecule has 0 bridgehead atoms. The minimum Gasteiger partial charge on any atom is -0.472 e. The Bertz CT molecular complexity index is 359. The van der Waals surface area contributed by atoms with Crippen molar-refractivity contribution in [1.29, 1.82) is 0 Å². The monoisotopic (exact) mass is 280 g/mol. The Hall–Kier alpha value is -0.840. The molecule has 0 amide bonds. The molecule has 0 spiro atoms. The van der Waals surface area contributed by atoms with Gasteiger partial charge in [0, 0.05) is 37.3 Å². The van der Waals surface area contributed by atoms with Crippen LogP contribution >= 0.6 is 0 Å². The zero-order chi connectivity index (χ0) is 14.4. The molecule has 2 rings (SSSR count). The quantitative estimate of drug-likeness (QED) is 0.833. The van der Waals surface area contributed by atoms with Crippen LogP contribution in [0, 0.1) is 5.92 Å². The van der Waals surface area contributed by atoms with Gasteiger partial charge in [-0.1, -0.05) is 13.8 Å². The van der Waals surface area contributed by atoms with Gasteiger partial charge in [-0.2, -0.15) is 0 Å². The third-order valence-electron chi connectivity index (χ3n) is 4.01. The van der Waals surface area contributed by atoms with Gasteiger partial charge in [-0.3, -0.25) is 4.90 Å². The highest BCUT2D eigenvalue weighted by molar-refractivity contribution is 5.10. The first-order valence-electron chi connectivity index (χ1n) is 7.74. The maximum absolute atomic E-state index is 5.46. The average Bonchev–Trinajstić information content (AvgIpc) is 2.98. The topological polar surface area (TPSA) is 37.6 Å². The second-order valence-electron chi connectivity index (χ2n) is 6.12. The van der Waals surface area contributed by atoms with Gasteiger partial charge < -0.3 is 14.5 Å². The highest BCUT2D eigenvalue weighted by Crippen LogP contribution is 2.16. The minimum absolute atomic E-state index is 0.337. The summed E-state index contributed by atoms with van der Waals surface area (Å²) < 4.78 is 10.6. The Kier molecular flexibility index (Phi) is 6.07. The summed E-state index contributed by atoms with van der Waals surface area (Å²) in [4.78, 5) is 2.57. The maximum atomic E-state index is 5.46. The summed E-state index contributed by atoms with van der Waals surface area (Å²) in [5.74, 6) is 0.717. The van der Waals surface area contributed by atoms with Crippen LogP contribution in [0.3, 0.4) is 0 Å². The standard InChI is InChI=1S/C16H28N2O2/c1-13(2)10-16(18-5-8-19-9-6-18)11-17-14(3)15-4-7-20-12-15/h4,7,12-14,16-17H,5-6,8-11H2,1-3H3. The van der Waals surface area contributed by atoms with Gasteiger partial charge in [0.1, 0.15) is 0 Å². The van der Waals surface area contributed by atoms with Gasteiger partial charge in [-0.05, 0) is 25.3 Å². The summed E-state index contributed by atoms with van der Waals surface area (Å²) in [5, 5.41) is 3.65. The van der Waals surface area contributed by atoms with Crippen molar-refractivity contribution in [3.05, 3.63) is 24.2 Å². The number of morpholine rings is 1. The molecule has 1 fully saturated rings. The SMILES string of the molecule is CC(C)CC(CNC(C)c1ccoc1)N1CCOCC1. The molecule has 0 radical (unpaired) electrons.